The Balaban J connectivity index is 2.59. The molecule has 1 aromatic rings. The molecule has 1 fully saturated rings. The molecule has 24 heavy (non-hydrogen) atoms. The van der Waals surface area contributed by atoms with E-state index in [1.54, 1.807) is 13.8 Å². The van der Waals surface area contributed by atoms with Crippen LogP contribution in [0.2, 0.25) is 0 Å². The third-order valence-corrected chi connectivity index (χ3v) is 7.74. The summed E-state index contributed by atoms with van der Waals surface area (Å²) in [6.45, 7) is 3.87. The lowest BCUT2D eigenvalue weighted by molar-refractivity contribution is -0.128. The molecule has 1 aliphatic rings. The maximum absolute atomic E-state index is 13.1. The van der Waals surface area contributed by atoms with Crippen molar-refractivity contribution in [2.75, 3.05) is 19.3 Å². The zero-order valence-electron chi connectivity index (χ0n) is 13.5. The summed E-state index contributed by atoms with van der Waals surface area (Å²) in [6, 6.07) is 3.01. The Morgan fingerprint density at radius 2 is 1.88 bits per heavy atom. The minimum Gasteiger partial charge on any atom is -0.353 e. The van der Waals surface area contributed by atoms with Crippen molar-refractivity contribution < 1.29 is 21.6 Å². The number of hydrogen-bond donors (Lipinski definition) is 1. The Morgan fingerprint density at radius 3 is 2.42 bits per heavy atom. The molecule has 1 saturated heterocycles. The Kier molecular flexibility index (Phi) is 5.43. The fraction of sp³-hybridized carbons (Fsp3) is 0.500. The number of piperazine rings is 1. The summed E-state index contributed by atoms with van der Waals surface area (Å²) < 4.78 is 51.0. The van der Waals surface area contributed by atoms with E-state index in [-0.39, 0.29) is 39.2 Å². The molecule has 134 valence electrons. The van der Waals surface area contributed by atoms with E-state index in [1.807, 2.05) is 0 Å². The van der Waals surface area contributed by atoms with Crippen LogP contribution in [-0.4, -0.2) is 52.4 Å². The van der Waals surface area contributed by atoms with Gasteiger partial charge in [0.25, 0.3) is 0 Å². The topological polar surface area (TPSA) is 101 Å². The van der Waals surface area contributed by atoms with Gasteiger partial charge in [-0.25, -0.2) is 16.8 Å². The molecule has 10 heteroatoms. The van der Waals surface area contributed by atoms with Crippen LogP contribution in [0.15, 0.2) is 32.5 Å². The lowest BCUT2D eigenvalue weighted by Crippen LogP contribution is -2.59. The number of nitrogens with zero attached hydrogens (tertiary/aromatic N) is 1. The van der Waals surface area contributed by atoms with Crippen LogP contribution in [0.3, 0.4) is 0 Å². The van der Waals surface area contributed by atoms with Gasteiger partial charge in [0.05, 0.1) is 9.79 Å². The van der Waals surface area contributed by atoms with E-state index in [0.29, 0.717) is 0 Å². The standard InChI is InChI=1S/C14H19BrN2O5S2/c1-9(2)13-14(18)16-6-7-17(13)24(21,22)12-8-10(23(3,19)20)4-5-11(12)15/h4-5,8-9,13H,6-7H2,1-3H3,(H,16,18). The van der Waals surface area contributed by atoms with Crippen molar-refractivity contribution >= 4 is 41.7 Å². The predicted molar refractivity (Wildman–Crippen MR) is 92.8 cm³/mol. The fourth-order valence-electron chi connectivity index (χ4n) is 2.61. The summed E-state index contributed by atoms with van der Waals surface area (Å²) >= 11 is 3.17. The van der Waals surface area contributed by atoms with Crippen molar-refractivity contribution in [2.24, 2.45) is 5.92 Å². The number of carbonyl (C=O) groups is 1. The van der Waals surface area contributed by atoms with E-state index >= 15 is 0 Å². The number of amides is 1. The SMILES string of the molecule is CC(C)C1C(=O)NCCN1S(=O)(=O)c1cc(S(C)(=O)=O)ccc1Br. The van der Waals surface area contributed by atoms with Gasteiger partial charge in [0.1, 0.15) is 6.04 Å². The first-order valence-electron chi connectivity index (χ1n) is 7.25. The number of halogens is 1. The zero-order chi connectivity index (χ0) is 18.3. The van der Waals surface area contributed by atoms with Crippen molar-refractivity contribution in [2.45, 2.75) is 29.7 Å². The van der Waals surface area contributed by atoms with Gasteiger partial charge in [0.15, 0.2) is 9.84 Å². The van der Waals surface area contributed by atoms with E-state index in [2.05, 4.69) is 21.2 Å². The molecule has 1 unspecified atom stereocenters. The van der Waals surface area contributed by atoms with Crippen molar-refractivity contribution in [1.29, 1.82) is 0 Å². The van der Waals surface area contributed by atoms with Gasteiger partial charge in [0.2, 0.25) is 15.9 Å². The lowest BCUT2D eigenvalue weighted by atomic mass is 10.0. The third-order valence-electron chi connectivity index (χ3n) is 3.76. The largest absolute Gasteiger partial charge is 0.353 e. The van der Waals surface area contributed by atoms with Gasteiger partial charge >= 0.3 is 0 Å². The van der Waals surface area contributed by atoms with Crippen LogP contribution in [-0.2, 0) is 24.7 Å². The zero-order valence-corrected chi connectivity index (χ0v) is 16.7. The highest BCUT2D eigenvalue weighted by Gasteiger charge is 2.41. The molecule has 1 amide bonds. The highest BCUT2D eigenvalue weighted by Crippen LogP contribution is 2.30. The maximum Gasteiger partial charge on any atom is 0.245 e. The first-order valence-corrected chi connectivity index (χ1v) is 11.4. The van der Waals surface area contributed by atoms with Crippen molar-refractivity contribution in [1.82, 2.24) is 9.62 Å². The monoisotopic (exact) mass is 438 g/mol. The summed E-state index contributed by atoms with van der Waals surface area (Å²) in [5.74, 6) is -0.577. The molecule has 2 rings (SSSR count). The molecule has 1 aromatic carbocycles. The van der Waals surface area contributed by atoms with Gasteiger partial charge in [0, 0.05) is 23.8 Å². The number of carbonyl (C=O) groups excluding carboxylic acids is 1. The molecule has 1 heterocycles. The first-order chi connectivity index (χ1) is 11.0. The van der Waals surface area contributed by atoms with Crippen molar-refractivity contribution in [3.05, 3.63) is 22.7 Å². The lowest BCUT2D eigenvalue weighted by Gasteiger charge is -2.36. The number of rotatable bonds is 4. The maximum atomic E-state index is 13.1. The van der Waals surface area contributed by atoms with Crippen LogP contribution in [0.5, 0.6) is 0 Å². The summed E-state index contributed by atoms with van der Waals surface area (Å²) in [6.07, 6.45) is 1.01. The van der Waals surface area contributed by atoms with Crippen LogP contribution in [0.1, 0.15) is 13.8 Å². The average Bonchev–Trinajstić information content (AvgIpc) is 2.45. The summed E-state index contributed by atoms with van der Waals surface area (Å²) in [5.41, 5.74) is 0. The number of hydrogen-bond acceptors (Lipinski definition) is 5. The Bertz CT molecular complexity index is 865. The Labute approximate surface area is 150 Å². The van der Waals surface area contributed by atoms with E-state index in [0.717, 1.165) is 16.6 Å². The first kappa shape index (κ1) is 19.4. The normalized spacial score (nSPS) is 20.2. The quantitative estimate of drug-likeness (QED) is 0.755. The van der Waals surface area contributed by atoms with Crippen molar-refractivity contribution in [3.8, 4) is 0 Å². The molecule has 0 spiro atoms. The molecule has 0 saturated carbocycles. The molecule has 1 aliphatic heterocycles. The second-order valence-electron chi connectivity index (χ2n) is 5.96. The van der Waals surface area contributed by atoms with E-state index in [9.17, 15) is 21.6 Å². The number of benzene rings is 1. The minimum absolute atomic E-state index is 0.0909. The van der Waals surface area contributed by atoms with Gasteiger partial charge < -0.3 is 5.32 Å². The highest BCUT2D eigenvalue weighted by molar-refractivity contribution is 9.10. The van der Waals surface area contributed by atoms with Crippen LogP contribution in [0, 0.1) is 5.92 Å². The summed E-state index contributed by atoms with van der Waals surface area (Å²) in [7, 11) is -7.60. The Hall–Kier alpha value is -0.970. The second kappa shape index (κ2) is 6.74. The van der Waals surface area contributed by atoms with Crippen LogP contribution in [0.4, 0.5) is 0 Å². The Morgan fingerprint density at radius 1 is 1.25 bits per heavy atom. The highest BCUT2D eigenvalue weighted by atomic mass is 79.9. The summed E-state index contributed by atoms with van der Waals surface area (Å²) in [4.78, 5) is 11.9. The molecule has 0 radical (unpaired) electrons. The smallest absolute Gasteiger partial charge is 0.245 e. The van der Waals surface area contributed by atoms with Gasteiger partial charge in [-0.1, -0.05) is 13.8 Å². The molecular formula is C14H19BrN2O5S2. The molecule has 7 nitrogen and oxygen atoms in total. The van der Waals surface area contributed by atoms with E-state index in [4.69, 9.17) is 0 Å². The molecule has 0 bridgehead atoms. The van der Waals surface area contributed by atoms with Gasteiger partial charge in [-0.15, -0.1) is 0 Å². The van der Waals surface area contributed by atoms with Gasteiger partial charge in [-0.2, -0.15) is 4.31 Å². The van der Waals surface area contributed by atoms with Crippen LogP contribution in [0.25, 0.3) is 0 Å². The third kappa shape index (κ3) is 3.66. The molecule has 1 atom stereocenters. The van der Waals surface area contributed by atoms with Crippen LogP contribution < -0.4 is 5.32 Å². The molecular weight excluding hydrogens is 420 g/mol. The fourth-order valence-corrected chi connectivity index (χ4v) is 6.00. The van der Waals surface area contributed by atoms with E-state index in [1.165, 1.54) is 12.1 Å². The predicted octanol–water partition coefficient (Wildman–Crippen LogP) is 0.998. The number of sulfone groups is 1. The molecule has 0 aromatic heterocycles. The summed E-state index contributed by atoms with van der Waals surface area (Å²) in [5, 5.41) is 2.66. The molecule has 0 aliphatic carbocycles. The minimum atomic E-state index is -4.04. The van der Waals surface area contributed by atoms with Crippen LogP contribution >= 0.6 is 15.9 Å². The number of sulfonamides is 1. The van der Waals surface area contributed by atoms with Gasteiger partial charge in [-0.3, -0.25) is 4.79 Å². The number of nitrogens with one attached hydrogen (secondary N) is 1. The van der Waals surface area contributed by atoms with Crippen molar-refractivity contribution in [3.63, 3.8) is 0 Å². The van der Waals surface area contributed by atoms with E-state index < -0.39 is 25.9 Å². The molecule has 1 N–H and O–H groups in total. The second-order valence-corrected chi connectivity index (χ2v) is 10.7. The van der Waals surface area contributed by atoms with Gasteiger partial charge in [-0.05, 0) is 40.0 Å². The average molecular weight is 439 g/mol.